The molecule has 0 aliphatic rings. The third-order valence-corrected chi connectivity index (χ3v) is 2.49. The first kappa shape index (κ1) is 10.4. The van der Waals surface area contributed by atoms with Crippen molar-refractivity contribution in [2.45, 2.75) is 11.3 Å². The average Bonchev–Trinajstić information content (AvgIpc) is 2.15. The van der Waals surface area contributed by atoms with E-state index in [1.807, 2.05) is 24.3 Å². The maximum absolute atomic E-state index is 5.41. The summed E-state index contributed by atoms with van der Waals surface area (Å²) in [5.74, 6) is 1.70. The van der Waals surface area contributed by atoms with Gasteiger partial charge in [0.25, 0.3) is 0 Å². The van der Waals surface area contributed by atoms with Crippen molar-refractivity contribution >= 4 is 11.8 Å². The smallest absolute Gasteiger partial charge is 0.118 e. The zero-order valence-corrected chi connectivity index (χ0v) is 8.38. The SMILES string of the molecule is COc1ccc(CSC(N)N)cc1. The van der Waals surface area contributed by atoms with Crippen LogP contribution in [0.2, 0.25) is 0 Å². The molecule has 4 N–H and O–H groups in total. The van der Waals surface area contributed by atoms with Gasteiger partial charge in [0.05, 0.1) is 7.11 Å². The molecule has 1 aromatic carbocycles. The van der Waals surface area contributed by atoms with Crippen molar-refractivity contribution in [3.8, 4) is 5.75 Å². The second-order valence-electron chi connectivity index (χ2n) is 2.62. The second-order valence-corrected chi connectivity index (χ2v) is 3.79. The van der Waals surface area contributed by atoms with Crippen molar-refractivity contribution < 1.29 is 4.74 Å². The highest BCUT2D eigenvalue weighted by Gasteiger charge is 1.97. The first-order valence-corrected chi connectivity index (χ1v) is 5.03. The Labute approximate surface area is 82.4 Å². The van der Waals surface area contributed by atoms with E-state index >= 15 is 0 Å². The fraction of sp³-hybridized carbons (Fsp3) is 0.333. The molecule has 0 saturated heterocycles. The van der Waals surface area contributed by atoms with Crippen LogP contribution < -0.4 is 16.2 Å². The van der Waals surface area contributed by atoms with Gasteiger partial charge in [-0.1, -0.05) is 12.1 Å². The lowest BCUT2D eigenvalue weighted by atomic mass is 10.2. The number of ether oxygens (including phenoxy) is 1. The van der Waals surface area contributed by atoms with E-state index in [0.29, 0.717) is 0 Å². The monoisotopic (exact) mass is 198 g/mol. The largest absolute Gasteiger partial charge is 0.497 e. The zero-order valence-electron chi connectivity index (χ0n) is 7.57. The van der Waals surface area contributed by atoms with E-state index in [4.69, 9.17) is 16.2 Å². The van der Waals surface area contributed by atoms with Gasteiger partial charge in [0.1, 0.15) is 11.2 Å². The Morgan fingerprint density at radius 2 is 1.92 bits per heavy atom. The molecule has 3 nitrogen and oxygen atoms in total. The minimum absolute atomic E-state index is 0.304. The molecule has 0 heterocycles. The lowest BCUT2D eigenvalue weighted by Gasteiger charge is -2.05. The van der Waals surface area contributed by atoms with E-state index in [9.17, 15) is 0 Å². The Bertz CT molecular complexity index is 248. The Morgan fingerprint density at radius 1 is 1.31 bits per heavy atom. The van der Waals surface area contributed by atoms with Gasteiger partial charge in [0.15, 0.2) is 0 Å². The maximum Gasteiger partial charge on any atom is 0.118 e. The molecule has 1 rings (SSSR count). The van der Waals surface area contributed by atoms with Crippen LogP contribution in [-0.4, -0.2) is 12.6 Å². The van der Waals surface area contributed by atoms with Gasteiger partial charge in [0, 0.05) is 5.75 Å². The molecule has 0 spiro atoms. The summed E-state index contributed by atoms with van der Waals surface area (Å²) in [4.78, 5) is 0. The molecule has 0 bridgehead atoms. The predicted octanol–water partition coefficient (Wildman–Crippen LogP) is 1.13. The van der Waals surface area contributed by atoms with Crippen LogP contribution in [0.3, 0.4) is 0 Å². The van der Waals surface area contributed by atoms with E-state index < -0.39 is 0 Å². The van der Waals surface area contributed by atoms with Crippen molar-refractivity contribution in [2.24, 2.45) is 11.5 Å². The van der Waals surface area contributed by atoms with Gasteiger partial charge in [-0.2, -0.15) is 0 Å². The molecule has 0 aliphatic carbocycles. The summed E-state index contributed by atoms with van der Waals surface area (Å²) in [5.41, 5.74) is 11.7. The first-order valence-electron chi connectivity index (χ1n) is 3.98. The fourth-order valence-electron chi connectivity index (χ4n) is 0.914. The number of hydrogen-bond acceptors (Lipinski definition) is 4. The van der Waals surface area contributed by atoms with Crippen molar-refractivity contribution in [3.05, 3.63) is 29.8 Å². The van der Waals surface area contributed by atoms with E-state index in [-0.39, 0.29) is 5.50 Å². The van der Waals surface area contributed by atoms with Crippen LogP contribution in [-0.2, 0) is 5.75 Å². The molecule has 0 unspecified atom stereocenters. The fourth-order valence-corrected chi connectivity index (χ4v) is 1.49. The van der Waals surface area contributed by atoms with Gasteiger partial charge < -0.3 is 16.2 Å². The standard InChI is InChI=1S/C9H14N2OS/c1-12-8-4-2-7(3-5-8)6-13-9(10)11/h2-5,9H,6,10-11H2,1H3. The number of nitrogens with two attached hydrogens (primary N) is 2. The van der Waals surface area contributed by atoms with Crippen molar-refractivity contribution in [1.82, 2.24) is 0 Å². The molecule has 0 aliphatic heterocycles. The van der Waals surface area contributed by atoms with Gasteiger partial charge in [-0.15, -0.1) is 11.8 Å². The number of methoxy groups -OCH3 is 1. The molecule has 72 valence electrons. The minimum Gasteiger partial charge on any atom is -0.497 e. The van der Waals surface area contributed by atoms with Crippen molar-refractivity contribution in [1.29, 1.82) is 0 Å². The van der Waals surface area contributed by atoms with Crippen LogP contribution in [0.4, 0.5) is 0 Å². The highest BCUT2D eigenvalue weighted by Crippen LogP contribution is 2.16. The quantitative estimate of drug-likeness (QED) is 0.712. The van der Waals surface area contributed by atoms with Crippen LogP contribution >= 0.6 is 11.8 Å². The average molecular weight is 198 g/mol. The highest BCUT2D eigenvalue weighted by molar-refractivity contribution is 7.99. The number of rotatable bonds is 4. The molecule has 1 aromatic rings. The van der Waals surface area contributed by atoms with Crippen LogP contribution in [0.5, 0.6) is 5.75 Å². The minimum atomic E-state index is -0.304. The molecular weight excluding hydrogens is 184 g/mol. The van der Waals surface area contributed by atoms with Crippen LogP contribution in [0.25, 0.3) is 0 Å². The molecule has 0 saturated carbocycles. The molecule has 0 radical (unpaired) electrons. The van der Waals surface area contributed by atoms with E-state index in [1.54, 1.807) is 7.11 Å². The van der Waals surface area contributed by atoms with E-state index in [1.165, 1.54) is 17.3 Å². The number of hydrogen-bond donors (Lipinski definition) is 2. The molecule has 0 aromatic heterocycles. The topological polar surface area (TPSA) is 61.3 Å². The Balaban J connectivity index is 2.49. The normalized spacial score (nSPS) is 10.5. The lowest BCUT2D eigenvalue weighted by Crippen LogP contribution is -2.26. The van der Waals surface area contributed by atoms with Crippen LogP contribution in [0.15, 0.2) is 24.3 Å². The van der Waals surface area contributed by atoms with E-state index in [2.05, 4.69) is 0 Å². The number of benzene rings is 1. The molecule has 13 heavy (non-hydrogen) atoms. The number of thioether (sulfide) groups is 1. The van der Waals surface area contributed by atoms with E-state index in [0.717, 1.165) is 11.5 Å². The van der Waals surface area contributed by atoms with Crippen LogP contribution in [0, 0.1) is 0 Å². The third-order valence-electron chi connectivity index (χ3n) is 1.60. The van der Waals surface area contributed by atoms with Gasteiger partial charge in [-0.25, -0.2) is 0 Å². The predicted molar refractivity (Wildman–Crippen MR) is 56.5 cm³/mol. The van der Waals surface area contributed by atoms with Gasteiger partial charge in [-0.3, -0.25) is 0 Å². The van der Waals surface area contributed by atoms with Gasteiger partial charge >= 0.3 is 0 Å². The van der Waals surface area contributed by atoms with Crippen LogP contribution in [0.1, 0.15) is 5.56 Å². The molecule has 4 heteroatoms. The lowest BCUT2D eigenvalue weighted by molar-refractivity contribution is 0.414. The molecule has 0 amide bonds. The molecule has 0 fully saturated rings. The third kappa shape index (κ3) is 3.67. The van der Waals surface area contributed by atoms with Gasteiger partial charge in [0.2, 0.25) is 0 Å². The summed E-state index contributed by atoms with van der Waals surface area (Å²) >= 11 is 1.51. The zero-order chi connectivity index (χ0) is 9.68. The van der Waals surface area contributed by atoms with Crippen molar-refractivity contribution in [3.63, 3.8) is 0 Å². The summed E-state index contributed by atoms with van der Waals surface area (Å²) in [6.07, 6.45) is 0. The first-order chi connectivity index (χ1) is 6.22. The summed E-state index contributed by atoms with van der Waals surface area (Å²) in [6.45, 7) is 0. The summed E-state index contributed by atoms with van der Waals surface area (Å²) in [6, 6.07) is 7.87. The molecular formula is C9H14N2OS. The van der Waals surface area contributed by atoms with Gasteiger partial charge in [-0.05, 0) is 17.7 Å². The maximum atomic E-state index is 5.41. The Hall–Kier alpha value is -0.710. The highest BCUT2D eigenvalue weighted by atomic mass is 32.2. The summed E-state index contributed by atoms with van der Waals surface area (Å²) in [7, 11) is 1.65. The Morgan fingerprint density at radius 3 is 2.38 bits per heavy atom. The molecule has 0 atom stereocenters. The van der Waals surface area contributed by atoms with Crippen molar-refractivity contribution in [2.75, 3.05) is 7.11 Å². The Kier molecular flexibility index (Phi) is 4.08. The second kappa shape index (κ2) is 5.11. The summed E-state index contributed by atoms with van der Waals surface area (Å²) in [5, 5.41) is 0. The summed E-state index contributed by atoms with van der Waals surface area (Å²) < 4.78 is 5.04.